The lowest BCUT2D eigenvalue weighted by Gasteiger charge is -2.16. The SMILES string of the molecule is CCNc1nc(NC2CCC(SCC)C2)c(Cl)cc1Cl. The van der Waals surface area contributed by atoms with Crippen molar-refractivity contribution in [2.45, 2.75) is 44.4 Å². The molecule has 1 saturated carbocycles. The van der Waals surface area contributed by atoms with Gasteiger partial charge in [0, 0.05) is 17.8 Å². The molecule has 0 aromatic carbocycles. The van der Waals surface area contributed by atoms with Crippen LogP contribution < -0.4 is 10.6 Å². The van der Waals surface area contributed by atoms with Crippen molar-refractivity contribution in [3.05, 3.63) is 16.1 Å². The number of hydrogen-bond acceptors (Lipinski definition) is 4. The summed E-state index contributed by atoms with van der Waals surface area (Å²) in [5, 5.41) is 8.53. The molecule has 20 heavy (non-hydrogen) atoms. The van der Waals surface area contributed by atoms with Gasteiger partial charge in [-0.25, -0.2) is 4.98 Å². The van der Waals surface area contributed by atoms with Gasteiger partial charge in [0.25, 0.3) is 0 Å². The van der Waals surface area contributed by atoms with E-state index in [1.807, 2.05) is 18.7 Å². The van der Waals surface area contributed by atoms with Gasteiger partial charge in [0.15, 0.2) is 0 Å². The number of pyridine rings is 1. The van der Waals surface area contributed by atoms with Crippen molar-refractivity contribution in [3.8, 4) is 0 Å². The van der Waals surface area contributed by atoms with Crippen LogP contribution in [0.1, 0.15) is 33.1 Å². The molecular weight excluding hydrogens is 313 g/mol. The Morgan fingerprint density at radius 3 is 2.70 bits per heavy atom. The first-order chi connectivity index (χ1) is 9.63. The van der Waals surface area contributed by atoms with Gasteiger partial charge in [-0.15, -0.1) is 0 Å². The Balaban J connectivity index is 2.04. The minimum Gasteiger partial charge on any atom is -0.369 e. The summed E-state index contributed by atoms with van der Waals surface area (Å²) in [5.41, 5.74) is 0. The van der Waals surface area contributed by atoms with E-state index in [9.17, 15) is 0 Å². The quantitative estimate of drug-likeness (QED) is 0.775. The van der Waals surface area contributed by atoms with E-state index in [0.717, 1.165) is 17.6 Å². The number of rotatable bonds is 6. The molecule has 6 heteroatoms. The Morgan fingerprint density at radius 2 is 2.00 bits per heavy atom. The van der Waals surface area contributed by atoms with E-state index < -0.39 is 0 Å². The Labute approximate surface area is 135 Å². The fraction of sp³-hybridized carbons (Fsp3) is 0.643. The van der Waals surface area contributed by atoms with Gasteiger partial charge in [-0.05, 0) is 38.0 Å². The lowest BCUT2D eigenvalue weighted by atomic mass is 10.2. The average molecular weight is 334 g/mol. The largest absolute Gasteiger partial charge is 0.369 e. The zero-order chi connectivity index (χ0) is 14.5. The van der Waals surface area contributed by atoms with Crippen molar-refractivity contribution in [3.63, 3.8) is 0 Å². The molecule has 0 saturated heterocycles. The summed E-state index contributed by atoms with van der Waals surface area (Å²) in [6.07, 6.45) is 3.62. The number of nitrogens with zero attached hydrogens (tertiary/aromatic N) is 1. The topological polar surface area (TPSA) is 37.0 Å². The van der Waals surface area contributed by atoms with Crippen molar-refractivity contribution >= 4 is 46.6 Å². The van der Waals surface area contributed by atoms with Crippen LogP contribution in [0, 0.1) is 0 Å². The summed E-state index contributed by atoms with van der Waals surface area (Å²) in [7, 11) is 0. The lowest BCUT2D eigenvalue weighted by molar-refractivity contribution is 0.752. The predicted octanol–water partition coefficient (Wildman–Crippen LogP) is 4.91. The monoisotopic (exact) mass is 333 g/mol. The second-order valence-corrected chi connectivity index (χ2v) is 7.30. The Kier molecular flexibility index (Phi) is 6.12. The van der Waals surface area contributed by atoms with Crippen molar-refractivity contribution in [1.29, 1.82) is 0 Å². The number of anilines is 2. The fourth-order valence-electron chi connectivity index (χ4n) is 2.51. The number of aromatic nitrogens is 1. The maximum Gasteiger partial charge on any atom is 0.147 e. The van der Waals surface area contributed by atoms with Gasteiger partial charge in [0.1, 0.15) is 11.6 Å². The molecule has 2 rings (SSSR count). The first-order valence-electron chi connectivity index (χ1n) is 7.12. The van der Waals surface area contributed by atoms with Gasteiger partial charge < -0.3 is 10.6 Å². The third-order valence-electron chi connectivity index (χ3n) is 3.40. The van der Waals surface area contributed by atoms with Gasteiger partial charge in [-0.1, -0.05) is 30.1 Å². The Morgan fingerprint density at radius 1 is 1.25 bits per heavy atom. The smallest absolute Gasteiger partial charge is 0.147 e. The summed E-state index contributed by atoms with van der Waals surface area (Å²) in [5.74, 6) is 2.61. The zero-order valence-corrected chi connectivity index (χ0v) is 14.2. The van der Waals surface area contributed by atoms with Crippen LogP contribution >= 0.6 is 35.0 Å². The van der Waals surface area contributed by atoms with Crippen LogP contribution in [0.2, 0.25) is 10.0 Å². The number of halogens is 2. The van der Waals surface area contributed by atoms with Gasteiger partial charge in [-0.2, -0.15) is 11.8 Å². The molecule has 1 aromatic heterocycles. The van der Waals surface area contributed by atoms with E-state index in [0.29, 0.717) is 21.9 Å². The van der Waals surface area contributed by atoms with Crippen molar-refractivity contribution in [2.24, 2.45) is 0 Å². The minimum absolute atomic E-state index is 0.458. The molecule has 0 bridgehead atoms. The average Bonchev–Trinajstić information content (AvgIpc) is 2.83. The van der Waals surface area contributed by atoms with Crippen molar-refractivity contribution < 1.29 is 0 Å². The van der Waals surface area contributed by atoms with Crippen LogP contribution in [0.3, 0.4) is 0 Å². The first kappa shape index (κ1) is 16.1. The van der Waals surface area contributed by atoms with E-state index in [1.165, 1.54) is 25.0 Å². The minimum atomic E-state index is 0.458. The predicted molar refractivity (Wildman–Crippen MR) is 91.6 cm³/mol. The van der Waals surface area contributed by atoms with Crippen LogP contribution in [-0.2, 0) is 0 Å². The molecule has 0 aliphatic heterocycles. The number of nitrogens with one attached hydrogen (secondary N) is 2. The second-order valence-electron chi connectivity index (χ2n) is 4.91. The van der Waals surface area contributed by atoms with Gasteiger partial charge in [0.05, 0.1) is 10.0 Å². The van der Waals surface area contributed by atoms with Crippen LogP contribution in [0.5, 0.6) is 0 Å². The summed E-state index contributed by atoms with van der Waals surface area (Å²) in [4.78, 5) is 4.50. The van der Waals surface area contributed by atoms with E-state index in [2.05, 4.69) is 22.5 Å². The Bertz CT molecular complexity index is 456. The molecule has 112 valence electrons. The van der Waals surface area contributed by atoms with E-state index in [4.69, 9.17) is 23.2 Å². The van der Waals surface area contributed by atoms with Crippen LogP contribution in [0.4, 0.5) is 11.6 Å². The van der Waals surface area contributed by atoms with E-state index in [1.54, 1.807) is 6.07 Å². The molecular formula is C14H21Cl2N3S. The molecule has 2 atom stereocenters. The van der Waals surface area contributed by atoms with Crippen molar-refractivity contribution in [2.75, 3.05) is 22.9 Å². The molecule has 1 aliphatic rings. The molecule has 3 nitrogen and oxygen atoms in total. The van der Waals surface area contributed by atoms with Gasteiger partial charge in [0.2, 0.25) is 0 Å². The Hall–Kier alpha value is -0.320. The number of thioether (sulfide) groups is 1. The van der Waals surface area contributed by atoms with Gasteiger partial charge >= 0.3 is 0 Å². The standard InChI is InChI=1S/C14H21Cl2N3S/c1-3-17-13-11(15)8-12(16)14(19-13)18-9-5-6-10(7-9)20-4-2/h8-10H,3-7H2,1-2H3,(H2,17,18,19). The molecule has 1 fully saturated rings. The molecule has 0 radical (unpaired) electrons. The normalized spacial score (nSPS) is 22.0. The summed E-state index contributed by atoms with van der Waals surface area (Å²) >= 11 is 14.4. The van der Waals surface area contributed by atoms with Gasteiger partial charge in [-0.3, -0.25) is 0 Å². The third kappa shape index (κ3) is 4.09. The second kappa shape index (κ2) is 7.62. The summed E-state index contributed by atoms with van der Waals surface area (Å²) in [6.45, 7) is 5.02. The molecule has 1 heterocycles. The highest BCUT2D eigenvalue weighted by molar-refractivity contribution is 7.99. The highest BCUT2D eigenvalue weighted by Gasteiger charge is 2.25. The van der Waals surface area contributed by atoms with Crippen LogP contribution in [-0.4, -0.2) is 28.6 Å². The van der Waals surface area contributed by atoms with E-state index in [-0.39, 0.29) is 0 Å². The molecule has 0 spiro atoms. The highest BCUT2D eigenvalue weighted by Crippen LogP contribution is 2.34. The molecule has 2 unspecified atom stereocenters. The summed E-state index contributed by atoms with van der Waals surface area (Å²) < 4.78 is 0. The maximum atomic E-state index is 6.24. The van der Waals surface area contributed by atoms with E-state index >= 15 is 0 Å². The molecule has 2 N–H and O–H groups in total. The van der Waals surface area contributed by atoms with Crippen LogP contribution in [0.15, 0.2) is 6.07 Å². The first-order valence-corrected chi connectivity index (χ1v) is 8.92. The van der Waals surface area contributed by atoms with Crippen LogP contribution in [0.25, 0.3) is 0 Å². The third-order valence-corrected chi connectivity index (χ3v) is 5.21. The fourth-order valence-corrected chi connectivity index (χ4v) is 4.13. The molecule has 1 aromatic rings. The number of hydrogen-bond donors (Lipinski definition) is 2. The molecule has 1 aliphatic carbocycles. The highest BCUT2D eigenvalue weighted by atomic mass is 35.5. The maximum absolute atomic E-state index is 6.24. The lowest BCUT2D eigenvalue weighted by Crippen LogP contribution is -2.17. The summed E-state index contributed by atoms with van der Waals surface area (Å²) in [6, 6.07) is 2.21. The molecule has 0 amide bonds. The zero-order valence-electron chi connectivity index (χ0n) is 11.9. The van der Waals surface area contributed by atoms with Crippen molar-refractivity contribution in [1.82, 2.24) is 4.98 Å².